The van der Waals surface area contributed by atoms with Crippen molar-refractivity contribution in [2.24, 2.45) is 0 Å². The van der Waals surface area contributed by atoms with Crippen molar-refractivity contribution in [3.63, 3.8) is 0 Å². The van der Waals surface area contributed by atoms with Crippen LogP contribution in [0.5, 0.6) is 0 Å². The van der Waals surface area contributed by atoms with Gasteiger partial charge in [0.05, 0.1) is 22.2 Å². The largest absolute Gasteiger partial charge is 0.277 e. The Morgan fingerprint density at radius 1 is 0.481 bits per heavy atom. The van der Waals surface area contributed by atoms with E-state index >= 15 is 0 Å². The van der Waals surface area contributed by atoms with Crippen molar-refractivity contribution in [1.29, 1.82) is 0 Å². The molecule has 3 heteroatoms. The number of hydrogen-bond donors (Lipinski definition) is 0. The molecule has 0 atom stereocenters. The van der Waals surface area contributed by atoms with Gasteiger partial charge in [0.2, 0.25) is 5.95 Å². The molecular formula is C49H33N3. The lowest BCUT2D eigenvalue weighted by Gasteiger charge is -2.21. The van der Waals surface area contributed by atoms with Gasteiger partial charge in [-0.25, -0.2) is 9.97 Å². The molecule has 0 unspecified atom stereocenters. The Bertz CT molecular complexity index is 3100. The first kappa shape index (κ1) is 29.2. The Balaban J connectivity index is 1.26. The summed E-state index contributed by atoms with van der Waals surface area (Å²) in [5.41, 5.74) is 12.8. The van der Waals surface area contributed by atoms with Crippen LogP contribution in [0.4, 0.5) is 0 Å². The van der Waals surface area contributed by atoms with E-state index in [9.17, 15) is 0 Å². The number of rotatable bonds is 3. The highest BCUT2D eigenvalue weighted by Crippen LogP contribution is 2.52. The van der Waals surface area contributed by atoms with Gasteiger partial charge in [-0.15, -0.1) is 0 Å². The molecule has 1 aliphatic carbocycles. The van der Waals surface area contributed by atoms with Crippen molar-refractivity contribution >= 4 is 54.3 Å². The number of hydrogen-bond acceptors (Lipinski definition) is 2. The summed E-state index contributed by atoms with van der Waals surface area (Å²) in [6.45, 7) is 4.72. The van der Waals surface area contributed by atoms with Crippen molar-refractivity contribution in [2.75, 3.05) is 0 Å². The standard InChI is InChI=1S/C49H33N3/c1-49(2)40-26-24-33(29-39(40)44-34-17-8-6-13-30(34)23-27-41(44)49)36-20-12-21-38-45-35-18-9-7-14-31(35)25-28-43(45)52(47(36)38)48-50-42-22-11-10-19-37(42)46(51-48)32-15-4-3-5-16-32/h3-29H,1-2H3. The molecule has 244 valence electrons. The van der Waals surface area contributed by atoms with Gasteiger partial charge in [0, 0.05) is 32.7 Å². The minimum Gasteiger partial charge on any atom is -0.277 e. The summed E-state index contributed by atoms with van der Waals surface area (Å²) in [7, 11) is 0. The molecular weight excluding hydrogens is 631 g/mol. The monoisotopic (exact) mass is 663 g/mol. The zero-order chi connectivity index (χ0) is 34.6. The van der Waals surface area contributed by atoms with Gasteiger partial charge < -0.3 is 0 Å². The molecule has 3 nitrogen and oxygen atoms in total. The van der Waals surface area contributed by atoms with Crippen LogP contribution in [0, 0.1) is 0 Å². The fourth-order valence-electron chi connectivity index (χ4n) is 8.95. The predicted octanol–water partition coefficient (Wildman–Crippen LogP) is 12.7. The highest BCUT2D eigenvalue weighted by molar-refractivity contribution is 6.23. The van der Waals surface area contributed by atoms with Gasteiger partial charge in [0.25, 0.3) is 0 Å². The lowest BCUT2D eigenvalue weighted by atomic mass is 9.82. The second-order valence-corrected chi connectivity index (χ2v) is 14.6. The van der Waals surface area contributed by atoms with E-state index in [1.807, 2.05) is 0 Å². The number of nitrogens with zero attached hydrogens (tertiary/aromatic N) is 3. The van der Waals surface area contributed by atoms with Crippen LogP contribution in [0.15, 0.2) is 164 Å². The molecule has 0 saturated heterocycles. The summed E-state index contributed by atoms with van der Waals surface area (Å²) in [6, 6.07) is 59.3. The molecule has 1 aliphatic rings. The van der Waals surface area contributed by atoms with Gasteiger partial charge in [-0.05, 0) is 67.6 Å². The van der Waals surface area contributed by atoms with Gasteiger partial charge in [0.1, 0.15) is 0 Å². The molecule has 0 amide bonds. The molecule has 0 radical (unpaired) electrons. The van der Waals surface area contributed by atoms with Crippen LogP contribution in [0.25, 0.3) is 93.7 Å². The summed E-state index contributed by atoms with van der Waals surface area (Å²) in [5.74, 6) is 0.666. The van der Waals surface area contributed by atoms with Gasteiger partial charge >= 0.3 is 0 Å². The minimum atomic E-state index is -0.0974. The zero-order valence-electron chi connectivity index (χ0n) is 28.9. The van der Waals surface area contributed by atoms with E-state index in [1.54, 1.807) is 0 Å². The third kappa shape index (κ3) is 4.02. The molecule has 2 heterocycles. The van der Waals surface area contributed by atoms with Crippen LogP contribution >= 0.6 is 0 Å². The summed E-state index contributed by atoms with van der Waals surface area (Å²) in [6.07, 6.45) is 0. The van der Waals surface area contributed by atoms with E-state index in [-0.39, 0.29) is 5.41 Å². The summed E-state index contributed by atoms with van der Waals surface area (Å²) >= 11 is 0. The summed E-state index contributed by atoms with van der Waals surface area (Å²) in [5, 5.41) is 8.46. The zero-order valence-corrected chi connectivity index (χ0v) is 28.9. The highest BCUT2D eigenvalue weighted by Gasteiger charge is 2.36. The molecule has 0 spiro atoms. The summed E-state index contributed by atoms with van der Waals surface area (Å²) < 4.78 is 2.31. The van der Waals surface area contributed by atoms with Gasteiger partial charge in [0.15, 0.2) is 0 Å². The maximum Gasteiger partial charge on any atom is 0.235 e. The molecule has 0 N–H and O–H groups in total. The van der Waals surface area contributed by atoms with Crippen LogP contribution in [0.1, 0.15) is 25.0 Å². The number of fused-ring (bicyclic) bond motifs is 11. The van der Waals surface area contributed by atoms with Crippen molar-refractivity contribution in [1.82, 2.24) is 14.5 Å². The van der Waals surface area contributed by atoms with Crippen molar-refractivity contribution in [2.45, 2.75) is 19.3 Å². The number of benzene rings is 8. The van der Waals surface area contributed by atoms with E-state index in [0.717, 1.165) is 38.8 Å². The second kappa shape index (κ2) is 10.7. The number of para-hydroxylation sites is 2. The van der Waals surface area contributed by atoms with E-state index in [4.69, 9.17) is 9.97 Å². The van der Waals surface area contributed by atoms with E-state index < -0.39 is 0 Å². The topological polar surface area (TPSA) is 30.7 Å². The lowest BCUT2D eigenvalue weighted by molar-refractivity contribution is 0.661. The van der Waals surface area contributed by atoms with E-state index in [2.05, 4.69) is 182 Å². The average molecular weight is 664 g/mol. The highest BCUT2D eigenvalue weighted by atomic mass is 15.2. The lowest BCUT2D eigenvalue weighted by Crippen LogP contribution is -2.14. The van der Waals surface area contributed by atoms with Crippen molar-refractivity contribution in [3.8, 4) is 39.5 Å². The molecule has 0 saturated carbocycles. The Morgan fingerprint density at radius 2 is 1.15 bits per heavy atom. The third-order valence-electron chi connectivity index (χ3n) is 11.4. The molecule has 11 rings (SSSR count). The Morgan fingerprint density at radius 3 is 2.00 bits per heavy atom. The number of aromatic nitrogens is 3. The fraction of sp³-hybridized carbons (Fsp3) is 0.0612. The second-order valence-electron chi connectivity index (χ2n) is 14.6. The van der Waals surface area contributed by atoms with Crippen LogP contribution in [0.3, 0.4) is 0 Å². The normalized spacial score (nSPS) is 13.3. The van der Waals surface area contributed by atoms with Crippen LogP contribution in [0.2, 0.25) is 0 Å². The van der Waals surface area contributed by atoms with Gasteiger partial charge in [-0.3, -0.25) is 4.57 Å². The first-order valence-corrected chi connectivity index (χ1v) is 18.0. The molecule has 0 fully saturated rings. The maximum absolute atomic E-state index is 5.42. The van der Waals surface area contributed by atoms with Crippen molar-refractivity contribution in [3.05, 3.63) is 175 Å². The Kier molecular flexibility index (Phi) is 6.01. The van der Waals surface area contributed by atoms with Gasteiger partial charge in [-0.2, -0.15) is 0 Å². The fourth-order valence-corrected chi connectivity index (χ4v) is 8.95. The molecule has 0 aliphatic heterocycles. The molecule has 10 aromatic rings. The first-order valence-electron chi connectivity index (χ1n) is 18.0. The SMILES string of the molecule is CC1(C)c2ccc(-c3cccc4c5c6ccccc6ccc5n(-c5nc(-c6ccccc6)c6ccccc6n5)c34)cc2-c2c1ccc1ccccc21. The van der Waals surface area contributed by atoms with Gasteiger partial charge in [-0.1, -0.05) is 159 Å². The molecule has 8 aromatic carbocycles. The smallest absolute Gasteiger partial charge is 0.235 e. The van der Waals surface area contributed by atoms with Crippen LogP contribution in [-0.2, 0) is 5.41 Å². The maximum atomic E-state index is 5.42. The quantitative estimate of drug-likeness (QED) is 0.188. The Hall–Kier alpha value is -6.58. The van der Waals surface area contributed by atoms with E-state index in [1.165, 1.54) is 60.1 Å². The predicted molar refractivity (Wildman–Crippen MR) is 217 cm³/mol. The third-order valence-corrected chi connectivity index (χ3v) is 11.4. The average Bonchev–Trinajstić information content (AvgIpc) is 3.66. The summed E-state index contributed by atoms with van der Waals surface area (Å²) in [4.78, 5) is 10.7. The van der Waals surface area contributed by atoms with E-state index in [0.29, 0.717) is 5.95 Å². The van der Waals surface area contributed by atoms with Crippen LogP contribution < -0.4 is 0 Å². The minimum absolute atomic E-state index is 0.0974. The Labute approximate surface area is 301 Å². The molecule has 0 bridgehead atoms. The molecule has 52 heavy (non-hydrogen) atoms. The molecule has 2 aromatic heterocycles. The first-order chi connectivity index (χ1) is 25.6. The van der Waals surface area contributed by atoms with Crippen LogP contribution in [-0.4, -0.2) is 14.5 Å². The van der Waals surface area contributed by atoms with Crippen molar-refractivity contribution < 1.29 is 0 Å².